The van der Waals surface area contributed by atoms with Gasteiger partial charge in [-0.05, 0) is 42.3 Å². The molecule has 192 valence electrons. The SMILES string of the molecule is Cc1ccccc1S(=O)(=O)Nc1cc(C(=O)O)ccc1N(C)Cc1ccccc1.O=C(O)C(F)(F)F. The standard InChI is InChI=1S/C22H22N2O4S.C2HF3O2/c1-16-8-6-7-11-21(16)29(27,28)23-19-14-18(22(25)26)12-13-20(19)24(2)15-17-9-4-3-5-10-17;3-2(4,5)1(6)7/h3-14,23H,15H2,1-2H3,(H,25,26);(H,6,7). The molecular formula is C24H23F3N2O6S. The van der Waals surface area contributed by atoms with E-state index in [1.807, 2.05) is 42.3 Å². The summed E-state index contributed by atoms with van der Waals surface area (Å²) in [5.41, 5.74) is 2.45. The first-order chi connectivity index (χ1) is 16.7. The molecule has 0 aliphatic carbocycles. The predicted molar refractivity (Wildman–Crippen MR) is 128 cm³/mol. The summed E-state index contributed by atoms with van der Waals surface area (Å²) in [5.74, 6) is -3.88. The molecule has 0 saturated heterocycles. The largest absolute Gasteiger partial charge is 0.490 e. The van der Waals surface area contributed by atoms with Crippen molar-refractivity contribution in [2.24, 2.45) is 0 Å². The number of aliphatic carboxylic acids is 1. The van der Waals surface area contributed by atoms with Crippen LogP contribution in [0.25, 0.3) is 0 Å². The molecule has 36 heavy (non-hydrogen) atoms. The number of halogens is 3. The van der Waals surface area contributed by atoms with Crippen LogP contribution >= 0.6 is 0 Å². The maximum absolute atomic E-state index is 13.0. The monoisotopic (exact) mass is 524 g/mol. The lowest BCUT2D eigenvalue weighted by atomic mass is 10.1. The van der Waals surface area contributed by atoms with Crippen LogP contribution < -0.4 is 9.62 Å². The zero-order chi connectivity index (χ0) is 27.1. The zero-order valence-electron chi connectivity index (χ0n) is 19.2. The van der Waals surface area contributed by atoms with Crippen LogP contribution in [0, 0.1) is 6.92 Å². The molecule has 3 rings (SSSR count). The second kappa shape index (κ2) is 11.6. The van der Waals surface area contributed by atoms with E-state index in [0.717, 1.165) is 5.56 Å². The Balaban J connectivity index is 0.000000572. The van der Waals surface area contributed by atoms with Gasteiger partial charge in [0.1, 0.15) is 0 Å². The van der Waals surface area contributed by atoms with Crippen LogP contribution in [0.4, 0.5) is 24.5 Å². The van der Waals surface area contributed by atoms with E-state index in [4.69, 9.17) is 9.90 Å². The van der Waals surface area contributed by atoms with E-state index in [1.54, 1.807) is 31.2 Å². The average molecular weight is 525 g/mol. The fourth-order valence-electron chi connectivity index (χ4n) is 3.08. The van der Waals surface area contributed by atoms with Crippen LogP contribution in [-0.2, 0) is 21.4 Å². The maximum atomic E-state index is 13.0. The van der Waals surface area contributed by atoms with E-state index in [2.05, 4.69) is 4.72 Å². The molecule has 0 saturated carbocycles. The van der Waals surface area contributed by atoms with Crippen LogP contribution in [-0.4, -0.2) is 43.8 Å². The number of nitrogens with zero attached hydrogens (tertiary/aromatic N) is 1. The summed E-state index contributed by atoms with van der Waals surface area (Å²) in [6.07, 6.45) is -5.08. The van der Waals surface area contributed by atoms with Gasteiger partial charge in [-0.3, -0.25) is 4.72 Å². The van der Waals surface area contributed by atoms with Gasteiger partial charge in [0.05, 0.1) is 21.8 Å². The summed E-state index contributed by atoms with van der Waals surface area (Å²) in [6.45, 7) is 2.25. The zero-order valence-corrected chi connectivity index (χ0v) is 20.0. The molecular weight excluding hydrogens is 501 g/mol. The minimum Gasteiger partial charge on any atom is -0.478 e. The smallest absolute Gasteiger partial charge is 0.478 e. The average Bonchev–Trinajstić information content (AvgIpc) is 2.79. The van der Waals surface area contributed by atoms with Gasteiger partial charge >= 0.3 is 18.1 Å². The second-order valence-electron chi connectivity index (χ2n) is 7.55. The number of aromatic carboxylic acids is 1. The Labute approximate surface area is 205 Å². The number of aryl methyl sites for hydroxylation is 1. The van der Waals surface area contributed by atoms with Gasteiger partial charge in [0.25, 0.3) is 10.0 Å². The van der Waals surface area contributed by atoms with Crippen molar-refractivity contribution in [2.75, 3.05) is 16.7 Å². The van der Waals surface area contributed by atoms with Crippen molar-refractivity contribution >= 4 is 33.3 Å². The molecule has 3 aromatic rings. The third-order valence-electron chi connectivity index (χ3n) is 4.79. The number of sulfonamides is 1. The van der Waals surface area contributed by atoms with E-state index in [-0.39, 0.29) is 16.1 Å². The third-order valence-corrected chi connectivity index (χ3v) is 6.31. The summed E-state index contributed by atoms with van der Waals surface area (Å²) in [5, 5.41) is 16.5. The van der Waals surface area contributed by atoms with Gasteiger partial charge in [-0.1, -0.05) is 48.5 Å². The molecule has 0 heterocycles. The van der Waals surface area contributed by atoms with Crippen molar-refractivity contribution in [1.29, 1.82) is 0 Å². The number of alkyl halides is 3. The molecule has 0 unspecified atom stereocenters. The first-order valence-corrected chi connectivity index (χ1v) is 11.7. The fourth-order valence-corrected chi connectivity index (χ4v) is 4.40. The summed E-state index contributed by atoms with van der Waals surface area (Å²) in [4.78, 5) is 22.3. The Kier molecular flexibility index (Phi) is 9.06. The fraction of sp³-hybridized carbons (Fsp3) is 0.167. The Morgan fingerprint density at radius 3 is 2.03 bits per heavy atom. The molecule has 0 aliphatic heterocycles. The number of benzene rings is 3. The summed E-state index contributed by atoms with van der Waals surface area (Å²) in [7, 11) is -2.06. The highest BCUT2D eigenvalue weighted by molar-refractivity contribution is 7.92. The molecule has 3 aromatic carbocycles. The molecule has 8 nitrogen and oxygen atoms in total. The van der Waals surface area contributed by atoms with Crippen LogP contribution in [0.15, 0.2) is 77.7 Å². The predicted octanol–water partition coefficient (Wildman–Crippen LogP) is 4.76. The van der Waals surface area contributed by atoms with Gasteiger partial charge in [0.2, 0.25) is 0 Å². The van der Waals surface area contributed by atoms with Crippen LogP contribution in [0.1, 0.15) is 21.5 Å². The highest BCUT2D eigenvalue weighted by atomic mass is 32.2. The van der Waals surface area contributed by atoms with Gasteiger partial charge in [0.15, 0.2) is 0 Å². The van der Waals surface area contributed by atoms with Gasteiger partial charge in [-0.15, -0.1) is 0 Å². The number of nitrogens with one attached hydrogen (secondary N) is 1. The minimum absolute atomic E-state index is 0.00402. The van der Waals surface area contributed by atoms with Crippen LogP contribution in [0.5, 0.6) is 0 Å². The highest BCUT2D eigenvalue weighted by Gasteiger charge is 2.38. The van der Waals surface area contributed by atoms with Crippen molar-refractivity contribution in [3.63, 3.8) is 0 Å². The molecule has 0 amide bonds. The Morgan fingerprint density at radius 1 is 0.944 bits per heavy atom. The van der Waals surface area contributed by atoms with Crippen molar-refractivity contribution in [3.05, 3.63) is 89.5 Å². The maximum Gasteiger partial charge on any atom is 0.490 e. The van der Waals surface area contributed by atoms with Gasteiger partial charge in [0, 0.05) is 13.6 Å². The van der Waals surface area contributed by atoms with Gasteiger partial charge in [-0.25, -0.2) is 18.0 Å². The van der Waals surface area contributed by atoms with Crippen LogP contribution in [0.2, 0.25) is 0 Å². The normalized spacial score (nSPS) is 11.1. The molecule has 0 radical (unpaired) electrons. The molecule has 0 fully saturated rings. The van der Waals surface area contributed by atoms with E-state index in [0.29, 0.717) is 17.8 Å². The molecule has 0 aliphatic rings. The first-order valence-electron chi connectivity index (χ1n) is 10.2. The number of anilines is 2. The molecule has 12 heteroatoms. The Morgan fingerprint density at radius 2 is 1.50 bits per heavy atom. The van der Waals surface area contributed by atoms with Crippen molar-refractivity contribution in [1.82, 2.24) is 0 Å². The Hall–Kier alpha value is -4.06. The first kappa shape index (κ1) is 28.2. The highest BCUT2D eigenvalue weighted by Crippen LogP contribution is 2.30. The van der Waals surface area contributed by atoms with Crippen LogP contribution in [0.3, 0.4) is 0 Å². The van der Waals surface area contributed by atoms with Gasteiger partial charge in [-0.2, -0.15) is 13.2 Å². The number of rotatable bonds is 7. The molecule has 0 spiro atoms. The second-order valence-corrected chi connectivity index (χ2v) is 9.20. The van der Waals surface area contributed by atoms with Crippen molar-refractivity contribution in [2.45, 2.75) is 24.5 Å². The van der Waals surface area contributed by atoms with Crippen molar-refractivity contribution in [3.8, 4) is 0 Å². The third kappa shape index (κ3) is 7.73. The topological polar surface area (TPSA) is 124 Å². The lowest BCUT2D eigenvalue weighted by Crippen LogP contribution is -2.21. The number of carbonyl (C=O) groups is 2. The minimum atomic E-state index is -5.08. The molecule has 0 aromatic heterocycles. The lowest BCUT2D eigenvalue weighted by molar-refractivity contribution is -0.192. The Bertz CT molecular complexity index is 1330. The number of hydrogen-bond donors (Lipinski definition) is 3. The summed E-state index contributed by atoms with van der Waals surface area (Å²) >= 11 is 0. The molecule has 3 N–H and O–H groups in total. The summed E-state index contributed by atoms with van der Waals surface area (Å²) < 4.78 is 60.2. The number of carboxylic acids is 2. The van der Waals surface area contributed by atoms with Gasteiger partial charge < -0.3 is 15.1 Å². The van der Waals surface area contributed by atoms with E-state index >= 15 is 0 Å². The number of hydrogen-bond acceptors (Lipinski definition) is 5. The molecule has 0 bridgehead atoms. The quantitative estimate of drug-likeness (QED) is 0.407. The summed E-state index contributed by atoms with van der Waals surface area (Å²) in [6, 6.07) is 20.8. The van der Waals surface area contributed by atoms with E-state index in [1.165, 1.54) is 18.2 Å². The van der Waals surface area contributed by atoms with E-state index in [9.17, 15) is 31.5 Å². The molecule has 0 atom stereocenters. The lowest BCUT2D eigenvalue weighted by Gasteiger charge is -2.23. The van der Waals surface area contributed by atoms with Crippen molar-refractivity contribution < 1.29 is 41.4 Å². The van der Waals surface area contributed by atoms with E-state index < -0.39 is 28.1 Å². The number of carboxylic acid groups (broad SMARTS) is 2.